The highest BCUT2D eigenvalue weighted by Gasteiger charge is 2.06. The van der Waals surface area contributed by atoms with Crippen LogP contribution in [0.5, 0.6) is 0 Å². The smallest absolute Gasteiger partial charge is 0.229 e. The molecule has 3 rings (SSSR count). The Labute approximate surface area is 128 Å². The number of aryl methyl sites for hydroxylation is 3. The van der Waals surface area contributed by atoms with Crippen molar-refractivity contribution in [2.45, 2.75) is 20.8 Å². The standard InChI is InChI=1S/C16H17N5O/c1-10-4-6-13(7-5-10)18-16-17-11(2)8-14(20-16)19-15-9-12(3)22-21-15/h4-9H,1-3H3,(H2,17,18,19,20,21). The second-order valence-electron chi connectivity index (χ2n) is 5.16. The van der Waals surface area contributed by atoms with Gasteiger partial charge in [-0.3, -0.25) is 0 Å². The summed E-state index contributed by atoms with van der Waals surface area (Å²) in [5, 5.41) is 10.2. The third-order valence-corrected chi connectivity index (χ3v) is 3.05. The van der Waals surface area contributed by atoms with Crippen molar-refractivity contribution in [2.75, 3.05) is 10.6 Å². The Bertz CT molecular complexity index is 779. The Morgan fingerprint density at radius 3 is 2.32 bits per heavy atom. The molecule has 6 nitrogen and oxygen atoms in total. The number of rotatable bonds is 4. The van der Waals surface area contributed by atoms with E-state index in [9.17, 15) is 0 Å². The molecule has 22 heavy (non-hydrogen) atoms. The van der Waals surface area contributed by atoms with Crippen LogP contribution >= 0.6 is 0 Å². The fraction of sp³-hybridized carbons (Fsp3) is 0.188. The average Bonchev–Trinajstić information content (AvgIpc) is 2.86. The van der Waals surface area contributed by atoms with Crippen molar-refractivity contribution >= 4 is 23.3 Å². The second kappa shape index (κ2) is 5.85. The molecule has 6 heteroatoms. The number of benzene rings is 1. The molecule has 0 fully saturated rings. The van der Waals surface area contributed by atoms with Crippen LogP contribution in [0.15, 0.2) is 40.9 Å². The van der Waals surface area contributed by atoms with E-state index in [0.717, 1.165) is 17.1 Å². The van der Waals surface area contributed by atoms with Crippen LogP contribution in [-0.4, -0.2) is 15.1 Å². The summed E-state index contributed by atoms with van der Waals surface area (Å²) >= 11 is 0. The van der Waals surface area contributed by atoms with Gasteiger partial charge < -0.3 is 15.2 Å². The van der Waals surface area contributed by atoms with E-state index in [2.05, 4.69) is 32.7 Å². The minimum Gasteiger partial charge on any atom is -0.360 e. The van der Waals surface area contributed by atoms with Crippen LogP contribution in [0.4, 0.5) is 23.3 Å². The molecule has 2 N–H and O–H groups in total. The van der Waals surface area contributed by atoms with Gasteiger partial charge in [-0.2, -0.15) is 4.98 Å². The first kappa shape index (κ1) is 14.1. The van der Waals surface area contributed by atoms with Gasteiger partial charge in [-0.1, -0.05) is 22.9 Å². The molecule has 2 aromatic heterocycles. The van der Waals surface area contributed by atoms with E-state index >= 15 is 0 Å². The third-order valence-electron chi connectivity index (χ3n) is 3.05. The molecule has 0 aliphatic heterocycles. The molecule has 0 aliphatic carbocycles. The van der Waals surface area contributed by atoms with Crippen LogP contribution in [0.3, 0.4) is 0 Å². The van der Waals surface area contributed by atoms with Crippen LogP contribution in [-0.2, 0) is 0 Å². The van der Waals surface area contributed by atoms with Crippen molar-refractivity contribution in [1.29, 1.82) is 0 Å². The molecular formula is C16H17N5O. The summed E-state index contributed by atoms with van der Waals surface area (Å²) in [5.74, 6) is 2.56. The number of aromatic nitrogens is 3. The first-order valence-electron chi connectivity index (χ1n) is 6.98. The monoisotopic (exact) mass is 295 g/mol. The SMILES string of the molecule is Cc1ccc(Nc2nc(C)cc(Nc3cc(C)on3)n2)cc1. The number of anilines is 4. The minimum atomic E-state index is 0.534. The molecule has 0 amide bonds. The first-order valence-corrected chi connectivity index (χ1v) is 6.98. The molecule has 0 saturated heterocycles. The lowest BCUT2D eigenvalue weighted by Gasteiger charge is -2.08. The van der Waals surface area contributed by atoms with Crippen molar-refractivity contribution in [3.05, 3.63) is 53.4 Å². The van der Waals surface area contributed by atoms with E-state index in [-0.39, 0.29) is 0 Å². The molecule has 3 aromatic rings. The van der Waals surface area contributed by atoms with Crippen molar-refractivity contribution in [1.82, 2.24) is 15.1 Å². The highest BCUT2D eigenvalue weighted by molar-refractivity contribution is 5.58. The van der Waals surface area contributed by atoms with Gasteiger partial charge in [-0.05, 0) is 32.9 Å². The van der Waals surface area contributed by atoms with Gasteiger partial charge in [0.25, 0.3) is 0 Å². The van der Waals surface area contributed by atoms with Gasteiger partial charge in [0, 0.05) is 23.5 Å². The third kappa shape index (κ3) is 3.41. The van der Waals surface area contributed by atoms with Crippen LogP contribution in [0.25, 0.3) is 0 Å². The molecule has 0 unspecified atom stereocenters. The van der Waals surface area contributed by atoms with Crippen molar-refractivity contribution < 1.29 is 4.52 Å². The summed E-state index contributed by atoms with van der Waals surface area (Å²) < 4.78 is 5.03. The summed E-state index contributed by atoms with van der Waals surface area (Å²) in [5.41, 5.74) is 3.01. The fourth-order valence-electron chi connectivity index (χ4n) is 2.01. The summed E-state index contributed by atoms with van der Waals surface area (Å²) in [4.78, 5) is 8.83. The van der Waals surface area contributed by atoms with E-state index < -0.39 is 0 Å². The molecule has 0 bridgehead atoms. The maximum atomic E-state index is 5.03. The van der Waals surface area contributed by atoms with Gasteiger partial charge in [0.2, 0.25) is 5.95 Å². The summed E-state index contributed by atoms with van der Waals surface area (Å²) in [7, 11) is 0. The summed E-state index contributed by atoms with van der Waals surface area (Å²) in [6, 6.07) is 11.7. The lowest BCUT2D eigenvalue weighted by atomic mass is 10.2. The zero-order valence-corrected chi connectivity index (χ0v) is 12.7. The highest BCUT2D eigenvalue weighted by Crippen LogP contribution is 2.19. The minimum absolute atomic E-state index is 0.534. The molecule has 112 valence electrons. The average molecular weight is 295 g/mol. The van der Waals surface area contributed by atoms with Gasteiger partial charge in [0.1, 0.15) is 11.6 Å². The Kier molecular flexibility index (Phi) is 3.74. The van der Waals surface area contributed by atoms with Crippen LogP contribution < -0.4 is 10.6 Å². The number of hydrogen-bond donors (Lipinski definition) is 2. The zero-order chi connectivity index (χ0) is 15.5. The molecular weight excluding hydrogens is 278 g/mol. The molecule has 1 aromatic carbocycles. The van der Waals surface area contributed by atoms with Gasteiger partial charge in [-0.25, -0.2) is 4.98 Å². The van der Waals surface area contributed by atoms with E-state index in [4.69, 9.17) is 4.52 Å². The maximum Gasteiger partial charge on any atom is 0.229 e. The predicted molar refractivity (Wildman–Crippen MR) is 85.8 cm³/mol. The number of nitrogens with zero attached hydrogens (tertiary/aromatic N) is 3. The van der Waals surface area contributed by atoms with Crippen molar-refractivity contribution in [3.8, 4) is 0 Å². The lowest BCUT2D eigenvalue weighted by molar-refractivity contribution is 0.400. The van der Waals surface area contributed by atoms with Crippen LogP contribution in [0, 0.1) is 20.8 Å². The maximum absolute atomic E-state index is 5.03. The molecule has 0 saturated carbocycles. The Morgan fingerprint density at radius 1 is 0.864 bits per heavy atom. The molecule has 0 radical (unpaired) electrons. The Morgan fingerprint density at radius 2 is 1.64 bits per heavy atom. The number of nitrogens with one attached hydrogen (secondary N) is 2. The largest absolute Gasteiger partial charge is 0.360 e. The second-order valence-corrected chi connectivity index (χ2v) is 5.16. The molecule has 0 atom stereocenters. The van der Waals surface area contributed by atoms with E-state index in [1.165, 1.54) is 5.56 Å². The van der Waals surface area contributed by atoms with Crippen molar-refractivity contribution in [2.24, 2.45) is 0 Å². The topological polar surface area (TPSA) is 75.9 Å². The van der Waals surface area contributed by atoms with Crippen LogP contribution in [0.1, 0.15) is 17.0 Å². The van der Waals surface area contributed by atoms with E-state index in [0.29, 0.717) is 17.6 Å². The normalized spacial score (nSPS) is 10.5. The zero-order valence-electron chi connectivity index (χ0n) is 12.7. The van der Waals surface area contributed by atoms with E-state index in [1.54, 1.807) is 0 Å². The number of hydrogen-bond acceptors (Lipinski definition) is 6. The fourth-order valence-corrected chi connectivity index (χ4v) is 2.01. The van der Waals surface area contributed by atoms with E-state index in [1.807, 2.05) is 50.2 Å². The van der Waals surface area contributed by atoms with Crippen molar-refractivity contribution in [3.63, 3.8) is 0 Å². The quantitative estimate of drug-likeness (QED) is 0.760. The van der Waals surface area contributed by atoms with Gasteiger partial charge in [0.05, 0.1) is 0 Å². The molecule has 0 spiro atoms. The van der Waals surface area contributed by atoms with Gasteiger partial charge >= 0.3 is 0 Å². The van der Waals surface area contributed by atoms with Gasteiger partial charge in [-0.15, -0.1) is 0 Å². The molecule has 0 aliphatic rings. The van der Waals surface area contributed by atoms with Crippen LogP contribution in [0.2, 0.25) is 0 Å². The predicted octanol–water partition coefficient (Wildman–Crippen LogP) is 3.88. The highest BCUT2D eigenvalue weighted by atomic mass is 16.5. The molecule has 2 heterocycles. The Balaban J connectivity index is 1.81. The lowest BCUT2D eigenvalue weighted by Crippen LogP contribution is -2.02. The summed E-state index contributed by atoms with van der Waals surface area (Å²) in [6.07, 6.45) is 0. The summed E-state index contributed by atoms with van der Waals surface area (Å²) in [6.45, 7) is 5.81. The first-order chi connectivity index (χ1) is 10.6. The van der Waals surface area contributed by atoms with Gasteiger partial charge in [0.15, 0.2) is 5.82 Å². The Hall–Kier alpha value is -2.89.